The fourth-order valence-electron chi connectivity index (χ4n) is 2.77. The number of amides is 1. The van der Waals surface area contributed by atoms with Crippen molar-refractivity contribution in [3.05, 3.63) is 17.3 Å². The number of carbonyl (C=O) groups is 1. The Hall–Kier alpha value is -1.41. The van der Waals surface area contributed by atoms with E-state index in [9.17, 15) is 13.2 Å². The molecule has 3 heterocycles. The summed E-state index contributed by atoms with van der Waals surface area (Å²) in [5, 5.41) is 0. The second-order valence-electron chi connectivity index (χ2n) is 5.93. The van der Waals surface area contributed by atoms with Crippen LogP contribution in [0, 0.1) is 0 Å². The minimum atomic E-state index is -3.12. The van der Waals surface area contributed by atoms with E-state index in [0.29, 0.717) is 32.0 Å². The van der Waals surface area contributed by atoms with Gasteiger partial charge in [0.15, 0.2) is 5.89 Å². The van der Waals surface area contributed by atoms with E-state index in [4.69, 9.17) is 9.15 Å². The quantitative estimate of drug-likeness (QED) is 0.799. The van der Waals surface area contributed by atoms with Gasteiger partial charge in [0, 0.05) is 32.2 Å². The number of sulfone groups is 1. The van der Waals surface area contributed by atoms with Crippen LogP contribution in [-0.2, 0) is 32.3 Å². The van der Waals surface area contributed by atoms with Gasteiger partial charge in [-0.1, -0.05) is 0 Å². The zero-order valence-corrected chi connectivity index (χ0v) is 13.4. The Balaban J connectivity index is 1.64. The van der Waals surface area contributed by atoms with E-state index < -0.39 is 9.84 Å². The van der Waals surface area contributed by atoms with Crippen LogP contribution in [0.2, 0.25) is 0 Å². The molecule has 1 fully saturated rings. The standard InChI is InChI=1S/C14H20N2O5S/c1-22(18,19)7-4-13(17)16-5-2-12-11(8-16)15-14(21-12)10-3-6-20-9-10/h10H,2-9H2,1H3. The third-order valence-electron chi connectivity index (χ3n) is 4.06. The highest BCUT2D eigenvalue weighted by Crippen LogP contribution is 2.28. The van der Waals surface area contributed by atoms with Crippen molar-refractivity contribution in [1.29, 1.82) is 0 Å². The molecule has 1 atom stereocenters. The second kappa shape index (κ2) is 6.00. The molecule has 0 spiro atoms. The molecule has 1 aromatic heterocycles. The molecular weight excluding hydrogens is 308 g/mol. The van der Waals surface area contributed by atoms with Crippen LogP contribution in [0.1, 0.15) is 36.1 Å². The third-order valence-corrected chi connectivity index (χ3v) is 5.01. The van der Waals surface area contributed by atoms with Gasteiger partial charge in [0.2, 0.25) is 5.91 Å². The van der Waals surface area contributed by atoms with Crippen LogP contribution < -0.4 is 0 Å². The number of hydrogen-bond donors (Lipinski definition) is 0. The summed E-state index contributed by atoms with van der Waals surface area (Å²) in [6, 6.07) is 0. The molecule has 0 radical (unpaired) electrons. The van der Waals surface area contributed by atoms with Crippen molar-refractivity contribution in [2.24, 2.45) is 0 Å². The SMILES string of the molecule is CS(=O)(=O)CCC(=O)N1CCc2oc(C3CCOC3)nc2C1. The van der Waals surface area contributed by atoms with Crippen LogP contribution in [-0.4, -0.2) is 56.0 Å². The van der Waals surface area contributed by atoms with Gasteiger partial charge in [0.1, 0.15) is 21.3 Å². The summed E-state index contributed by atoms with van der Waals surface area (Å²) in [6.07, 6.45) is 2.70. The smallest absolute Gasteiger partial charge is 0.223 e. The van der Waals surface area contributed by atoms with Crippen LogP contribution in [0.5, 0.6) is 0 Å². The molecule has 8 heteroatoms. The average molecular weight is 328 g/mol. The van der Waals surface area contributed by atoms with Crippen molar-refractivity contribution in [2.75, 3.05) is 31.8 Å². The topological polar surface area (TPSA) is 89.7 Å². The zero-order chi connectivity index (χ0) is 15.7. The number of ether oxygens (including phenoxy) is 1. The molecule has 0 saturated carbocycles. The molecule has 0 bridgehead atoms. The molecule has 1 aromatic rings. The van der Waals surface area contributed by atoms with Crippen LogP contribution >= 0.6 is 0 Å². The van der Waals surface area contributed by atoms with Crippen molar-refractivity contribution >= 4 is 15.7 Å². The summed E-state index contributed by atoms with van der Waals surface area (Å²) in [4.78, 5) is 18.3. The van der Waals surface area contributed by atoms with E-state index in [2.05, 4.69) is 4.98 Å². The summed E-state index contributed by atoms with van der Waals surface area (Å²) in [5.74, 6) is 1.49. The number of nitrogens with zero attached hydrogens (tertiary/aromatic N) is 2. The number of aromatic nitrogens is 1. The second-order valence-corrected chi connectivity index (χ2v) is 8.19. The monoisotopic (exact) mass is 328 g/mol. The highest BCUT2D eigenvalue weighted by atomic mass is 32.2. The summed E-state index contributed by atoms with van der Waals surface area (Å²) in [6.45, 7) is 2.31. The molecule has 1 unspecified atom stereocenters. The number of fused-ring (bicyclic) bond motifs is 1. The van der Waals surface area contributed by atoms with E-state index in [0.717, 1.165) is 30.7 Å². The largest absolute Gasteiger partial charge is 0.445 e. The lowest BCUT2D eigenvalue weighted by atomic mass is 10.1. The minimum absolute atomic E-state index is 0.0232. The first kappa shape index (κ1) is 15.5. The lowest BCUT2D eigenvalue weighted by Gasteiger charge is -2.25. The maximum Gasteiger partial charge on any atom is 0.223 e. The number of hydrogen-bond acceptors (Lipinski definition) is 6. The normalized spacial score (nSPS) is 21.9. The first-order valence-corrected chi connectivity index (χ1v) is 9.50. The van der Waals surface area contributed by atoms with Crippen LogP contribution in [0.3, 0.4) is 0 Å². The van der Waals surface area contributed by atoms with Crippen molar-refractivity contribution in [3.8, 4) is 0 Å². The molecule has 122 valence electrons. The van der Waals surface area contributed by atoms with Crippen molar-refractivity contribution in [2.45, 2.75) is 31.7 Å². The Morgan fingerprint density at radius 3 is 2.95 bits per heavy atom. The predicted molar refractivity (Wildman–Crippen MR) is 78.1 cm³/mol. The molecule has 22 heavy (non-hydrogen) atoms. The predicted octanol–water partition coefficient (Wildman–Crippen LogP) is 0.498. The van der Waals surface area contributed by atoms with Crippen LogP contribution in [0.15, 0.2) is 4.42 Å². The Morgan fingerprint density at radius 2 is 2.27 bits per heavy atom. The Morgan fingerprint density at radius 1 is 1.45 bits per heavy atom. The Kier molecular flexibility index (Phi) is 4.22. The maximum absolute atomic E-state index is 12.1. The molecule has 2 aliphatic rings. The van der Waals surface area contributed by atoms with Gasteiger partial charge < -0.3 is 14.1 Å². The third kappa shape index (κ3) is 3.49. The number of rotatable bonds is 4. The summed E-state index contributed by atoms with van der Waals surface area (Å²) in [5.41, 5.74) is 0.792. The molecule has 2 aliphatic heterocycles. The summed E-state index contributed by atoms with van der Waals surface area (Å²) < 4.78 is 33.5. The first-order chi connectivity index (χ1) is 10.4. The molecule has 7 nitrogen and oxygen atoms in total. The van der Waals surface area contributed by atoms with Crippen LogP contribution in [0.25, 0.3) is 0 Å². The van der Waals surface area contributed by atoms with E-state index in [1.807, 2.05) is 0 Å². The summed E-state index contributed by atoms with van der Waals surface area (Å²) >= 11 is 0. The molecule has 1 saturated heterocycles. The van der Waals surface area contributed by atoms with Crippen molar-refractivity contribution < 1.29 is 22.4 Å². The minimum Gasteiger partial charge on any atom is -0.445 e. The molecule has 0 aliphatic carbocycles. The molecule has 0 aromatic carbocycles. The van der Waals surface area contributed by atoms with Gasteiger partial charge in [0.25, 0.3) is 0 Å². The van der Waals surface area contributed by atoms with Gasteiger partial charge in [-0.25, -0.2) is 13.4 Å². The van der Waals surface area contributed by atoms with Crippen molar-refractivity contribution in [3.63, 3.8) is 0 Å². The van der Waals surface area contributed by atoms with Gasteiger partial charge in [-0.05, 0) is 6.42 Å². The Labute approximate surface area is 129 Å². The average Bonchev–Trinajstić information content (AvgIpc) is 3.11. The van der Waals surface area contributed by atoms with Gasteiger partial charge in [-0.3, -0.25) is 4.79 Å². The van der Waals surface area contributed by atoms with Gasteiger partial charge in [0.05, 0.1) is 24.8 Å². The van der Waals surface area contributed by atoms with Gasteiger partial charge in [-0.15, -0.1) is 0 Å². The van der Waals surface area contributed by atoms with E-state index in [1.165, 1.54) is 0 Å². The highest BCUT2D eigenvalue weighted by molar-refractivity contribution is 7.90. The van der Waals surface area contributed by atoms with Gasteiger partial charge in [-0.2, -0.15) is 0 Å². The number of carbonyl (C=O) groups excluding carboxylic acids is 1. The van der Waals surface area contributed by atoms with Crippen molar-refractivity contribution in [1.82, 2.24) is 9.88 Å². The van der Waals surface area contributed by atoms with E-state index in [-0.39, 0.29) is 24.0 Å². The van der Waals surface area contributed by atoms with Crippen LogP contribution in [0.4, 0.5) is 0 Å². The molecule has 1 amide bonds. The first-order valence-electron chi connectivity index (χ1n) is 7.44. The summed E-state index contributed by atoms with van der Waals surface area (Å²) in [7, 11) is -3.12. The molecule has 3 rings (SSSR count). The highest BCUT2D eigenvalue weighted by Gasteiger charge is 2.29. The lowest BCUT2D eigenvalue weighted by Crippen LogP contribution is -2.36. The zero-order valence-electron chi connectivity index (χ0n) is 12.6. The van der Waals surface area contributed by atoms with E-state index in [1.54, 1.807) is 4.90 Å². The number of oxazole rings is 1. The maximum atomic E-state index is 12.1. The molecular formula is C14H20N2O5S. The Bertz CT molecular complexity index is 661. The van der Waals surface area contributed by atoms with E-state index >= 15 is 0 Å². The fraction of sp³-hybridized carbons (Fsp3) is 0.714. The lowest BCUT2D eigenvalue weighted by molar-refractivity contribution is -0.131. The molecule has 0 N–H and O–H groups in total. The van der Waals surface area contributed by atoms with Gasteiger partial charge >= 0.3 is 0 Å². The fourth-order valence-corrected chi connectivity index (χ4v) is 3.31.